The third-order valence-corrected chi connectivity index (χ3v) is 3.82. The number of hydrogen-bond donors (Lipinski definition) is 1. The third-order valence-electron chi connectivity index (χ3n) is 3.82. The molecule has 2 saturated heterocycles. The molecule has 0 spiro atoms. The molecule has 3 rings (SSSR count). The minimum Gasteiger partial charge on any atom is -0.308 e. The van der Waals surface area contributed by atoms with Crippen molar-refractivity contribution < 1.29 is 0 Å². The molecule has 1 saturated carbocycles. The molecule has 2 unspecified atom stereocenters. The summed E-state index contributed by atoms with van der Waals surface area (Å²) in [5.74, 6) is 1.02. The molecule has 2 bridgehead atoms. The van der Waals surface area contributed by atoms with Crippen LogP contribution in [-0.4, -0.2) is 35.6 Å². The predicted octanol–water partition coefficient (Wildman–Crippen LogP) is 0.441. The Morgan fingerprint density at radius 2 is 2.36 bits per heavy atom. The van der Waals surface area contributed by atoms with Gasteiger partial charge in [-0.15, -0.1) is 0 Å². The van der Waals surface area contributed by atoms with Crippen molar-refractivity contribution in [2.75, 3.05) is 13.1 Å². The standard InChI is InChI=1S/C9H16N2/c1-6(2)11-5-9-3-7(9)8(11)4-10-9/h6-8,10H,3-5H2,1-2H3/t7?,8-,9?/m1/s1. The van der Waals surface area contributed by atoms with Crippen molar-refractivity contribution in [3.05, 3.63) is 0 Å². The highest BCUT2D eigenvalue weighted by Crippen LogP contribution is 2.57. The molecule has 2 aliphatic heterocycles. The van der Waals surface area contributed by atoms with Gasteiger partial charge in [0.15, 0.2) is 0 Å². The summed E-state index contributed by atoms with van der Waals surface area (Å²) in [6, 6.07) is 1.64. The zero-order valence-electron chi connectivity index (χ0n) is 7.30. The third kappa shape index (κ3) is 0.611. The first-order valence-corrected chi connectivity index (χ1v) is 4.74. The van der Waals surface area contributed by atoms with Gasteiger partial charge >= 0.3 is 0 Å². The summed E-state index contributed by atoms with van der Waals surface area (Å²) >= 11 is 0. The maximum absolute atomic E-state index is 3.65. The van der Waals surface area contributed by atoms with E-state index in [4.69, 9.17) is 0 Å². The van der Waals surface area contributed by atoms with Crippen molar-refractivity contribution in [2.24, 2.45) is 5.92 Å². The van der Waals surface area contributed by atoms with E-state index < -0.39 is 0 Å². The van der Waals surface area contributed by atoms with E-state index in [0.29, 0.717) is 5.54 Å². The van der Waals surface area contributed by atoms with Crippen LogP contribution in [0.3, 0.4) is 0 Å². The van der Waals surface area contributed by atoms with Crippen LogP contribution in [0.25, 0.3) is 0 Å². The molecule has 2 heteroatoms. The van der Waals surface area contributed by atoms with Crippen LogP contribution in [0.15, 0.2) is 0 Å². The molecule has 3 fully saturated rings. The normalized spacial score (nSPS) is 53.7. The van der Waals surface area contributed by atoms with E-state index in [9.17, 15) is 0 Å². The van der Waals surface area contributed by atoms with Crippen molar-refractivity contribution >= 4 is 0 Å². The monoisotopic (exact) mass is 152 g/mol. The highest BCUT2D eigenvalue weighted by atomic mass is 15.4. The van der Waals surface area contributed by atoms with Gasteiger partial charge in [0.05, 0.1) is 0 Å². The van der Waals surface area contributed by atoms with E-state index in [0.717, 1.165) is 18.0 Å². The van der Waals surface area contributed by atoms with Crippen LogP contribution in [0.4, 0.5) is 0 Å². The first-order chi connectivity index (χ1) is 5.23. The number of nitrogens with one attached hydrogen (secondary N) is 1. The molecule has 2 heterocycles. The Bertz CT molecular complexity index is 202. The lowest BCUT2D eigenvalue weighted by atomic mass is 10.1. The lowest BCUT2D eigenvalue weighted by Gasteiger charge is -2.35. The Hall–Kier alpha value is -0.0800. The Morgan fingerprint density at radius 1 is 1.55 bits per heavy atom. The van der Waals surface area contributed by atoms with E-state index in [1.165, 1.54) is 19.5 Å². The number of rotatable bonds is 1. The molecular formula is C9H16N2. The molecule has 0 radical (unpaired) electrons. The Labute approximate surface area is 68.0 Å². The average molecular weight is 152 g/mol. The number of piperazine rings is 1. The van der Waals surface area contributed by atoms with Crippen molar-refractivity contribution in [1.29, 1.82) is 0 Å². The Balaban J connectivity index is 1.86. The van der Waals surface area contributed by atoms with Crippen molar-refractivity contribution in [3.8, 4) is 0 Å². The highest BCUT2D eigenvalue weighted by molar-refractivity contribution is 5.27. The van der Waals surface area contributed by atoms with Gasteiger partial charge in [-0.3, -0.25) is 4.90 Å². The zero-order valence-corrected chi connectivity index (χ0v) is 7.30. The summed E-state index contributed by atoms with van der Waals surface area (Å²) in [7, 11) is 0. The van der Waals surface area contributed by atoms with Crippen LogP contribution in [0.2, 0.25) is 0 Å². The largest absolute Gasteiger partial charge is 0.308 e. The van der Waals surface area contributed by atoms with E-state index in [1.807, 2.05) is 0 Å². The minimum absolute atomic E-state index is 0.606. The second-order valence-corrected chi connectivity index (χ2v) is 4.68. The fraction of sp³-hybridized carbons (Fsp3) is 1.00. The fourth-order valence-electron chi connectivity index (χ4n) is 3.09. The number of nitrogens with zero attached hydrogens (tertiary/aromatic N) is 1. The molecule has 0 aromatic rings. The first kappa shape index (κ1) is 6.44. The number of likely N-dealkylation sites (tertiary alicyclic amines) is 1. The van der Waals surface area contributed by atoms with Crippen LogP contribution in [0.5, 0.6) is 0 Å². The van der Waals surface area contributed by atoms with Gasteiger partial charge in [0.2, 0.25) is 0 Å². The van der Waals surface area contributed by atoms with Crippen LogP contribution >= 0.6 is 0 Å². The lowest BCUT2D eigenvalue weighted by Crippen LogP contribution is -2.52. The number of piperidine rings is 2. The van der Waals surface area contributed by atoms with E-state index in [-0.39, 0.29) is 0 Å². The van der Waals surface area contributed by atoms with Gasteiger partial charge in [-0.2, -0.15) is 0 Å². The fourth-order valence-corrected chi connectivity index (χ4v) is 3.09. The summed E-state index contributed by atoms with van der Waals surface area (Å²) in [4.78, 5) is 2.67. The molecule has 1 aliphatic carbocycles. The maximum atomic E-state index is 3.65. The van der Waals surface area contributed by atoms with Crippen molar-refractivity contribution in [1.82, 2.24) is 10.2 Å². The SMILES string of the molecule is CC(C)N1CC23CC2[C@H]1CN3. The second kappa shape index (κ2) is 1.64. The lowest BCUT2D eigenvalue weighted by molar-refractivity contribution is 0.141. The molecule has 3 aliphatic rings. The van der Waals surface area contributed by atoms with Crippen LogP contribution < -0.4 is 5.32 Å². The van der Waals surface area contributed by atoms with Crippen LogP contribution in [-0.2, 0) is 0 Å². The summed E-state index contributed by atoms with van der Waals surface area (Å²) in [5, 5.41) is 3.65. The molecule has 0 aromatic heterocycles. The van der Waals surface area contributed by atoms with Crippen LogP contribution in [0.1, 0.15) is 20.3 Å². The Morgan fingerprint density at radius 3 is 2.64 bits per heavy atom. The molecular weight excluding hydrogens is 136 g/mol. The molecule has 11 heavy (non-hydrogen) atoms. The summed E-state index contributed by atoms with van der Waals surface area (Å²) in [6.07, 6.45) is 1.46. The van der Waals surface area contributed by atoms with Crippen molar-refractivity contribution in [3.63, 3.8) is 0 Å². The average Bonchev–Trinajstić information content (AvgIpc) is 2.47. The minimum atomic E-state index is 0.606. The van der Waals surface area contributed by atoms with Gasteiger partial charge in [-0.1, -0.05) is 0 Å². The summed E-state index contributed by atoms with van der Waals surface area (Å²) < 4.78 is 0. The maximum Gasteiger partial charge on any atom is 0.0358 e. The molecule has 2 nitrogen and oxygen atoms in total. The smallest absolute Gasteiger partial charge is 0.0358 e. The molecule has 1 N–H and O–H groups in total. The summed E-state index contributed by atoms with van der Waals surface area (Å²) in [5.41, 5.74) is 0.606. The van der Waals surface area contributed by atoms with Gasteiger partial charge in [-0.25, -0.2) is 0 Å². The second-order valence-electron chi connectivity index (χ2n) is 4.68. The van der Waals surface area contributed by atoms with Gasteiger partial charge < -0.3 is 5.32 Å². The van der Waals surface area contributed by atoms with E-state index in [2.05, 4.69) is 24.1 Å². The predicted molar refractivity (Wildman–Crippen MR) is 44.5 cm³/mol. The molecule has 3 atom stereocenters. The summed E-state index contributed by atoms with van der Waals surface area (Å²) in [6.45, 7) is 7.20. The van der Waals surface area contributed by atoms with Gasteiger partial charge in [0.1, 0.15) is 0 Å². The molecule has 62 valence electrons. The molecule has 0 aromatic carbocycles. The topological polar surface area (TPSA) is 15.3 Å². The van der Waals surface area contributed by atoms with Gasteiger partial charge in [0.25, 0.3) is 0 Å². The quantitative estimate of drug-likeness (QED) is 0.586. The zero-order chi connectivity index (χ0) is 7.64. The van der Waals surface area contributed by atoms with Crippen LogP contribution in [0, 0.1) is 5.92 Å². The number of hydrogen-bond acceptors (Lipinski definition) is 2. The highest BCUT2D eigenvalue weighted by Gasteiger charge is 2.68. The van der Waals surface area contributed by atoms with Crippen molar-refractivity contribution in [2.45, 2.75) is 37.9 Å². The first-order valence-electron chi connectivity index (χ1n) is 4.74. The van der Waals surface area contributed by atoms with Gasteiger partial charge in [0, 0.05) is 30.7 Å². The van der Waals surface area contributed by atoms with E-state index in [1.54, 1.807) is 0 Å². The van der Waals surface area contributed by atoms with E-state index >= 15 is 0 Å². The molecule has 0 amide bonds. The Kier molecular flexibility index (Phi) is 0.961. The van der Waals surface area contributed by atoms with Gasteiger partial charge in [-0.05, 0) is 26.2 Å².